The maximum atomic E-state index is 11.8. The number of piperazine rings is 1. The van der Waals surface area contributed by atoms with Gasteiger partial charge in [-0.2, -0.15) is 4.31 Å². The van der Waals surface area contributed by atoms with Crippen molar-refractivity contribution in [2.24, 2.45) is 0 Å². The van der Waals surface area contributed by atoms with Gasteiger partial charge in [0.2, 0.25) is 10.0 Å². The minimum Gasteiger partial charge on any atom is -0.487 e. The molecular weight excluding hydrogens is 314 g/mol. The molecule has 1 aromatic rings. The van der Waals surface area contributed by atoms with Gasteiger partial charge in [0.05, 0.1) is 18.5 Å². The van der Waals surface area contributed by atoms with Gasteiger partial charge < -0.3 is 15.0 Å². The smallest absolute Gasteiger partial charge is 0.211 e. The summed E-state index contributed by atoms with van der Waals surface area (Å²) in [6, 6.07) is 8.06. The molecule has 128 valence electrons. The molecular formula is C16H25N3O3S. The first-order valence-electron chi connectivity index (χ1n) is 8.20. The third-order valence-electron chi connectivity index (χ3n) is 4.43. The predicted molar refractivity (Wildman–Crippen MR) is 91.6 cm³/mol. The Kier molecular flexibility index (Phi) is 5.08. The Morgan fingerprint density at radius 3 is 2.65 bits per heavy atom. The number of piperidine rings is 1. The normalized spacial score (nSPS) is 23.7. The van der Waals surface area contributed by atoms with Crippen LogP contribution in [0.3, 0.4) is 0 Å². The van der Waals surface area contributed by atoms with Crippen LogP contribution in [0, 0.1) is 0 Å². The van der Waals surface area contributed by atoms with Crippen LogP contribution in [0.2, 0.25) is 0 Å². The van der Waals surface area contributed by atoms with Gasteiger partial charge >= 0.3 is 0 Å². The Bertz CT molecular complexity index is 629. The number of benzene rings is 1. The average Bonchev–Trinajstić information content (AvgIpc) is 2.56. The summed E-state index contributed by atoms with van der Waals surface area (Å²) in [4.78, 5) is 2.32. The molecule has 3 rings (SSSR count). The van der Waals surface area contributed by atoms with E-state index in [2.05, 4.69) is 16.3 Å². The molecule has 2 heterocycles. The molecule has 2 aliphatic rings. The number of sulfonamides is 1. The number of para-hydroxylation sites is 2. The molecule has 1 aromatic carbocycles. The lowest BCUT2D eigenvalue weighted by atomic mass is 10.1. The number of rotatable bonds is 4. The number of hydrogen-bond acceptors (Lipinski definition) is 5. The molecule has 0 bridgehead atoms. The van der Waals surface area contributed by atoms with Crippen molar-refractivity contribution in [3.05, 3.63) is 24.3 Å². The van der Waals surface area contributed by atoms with E-state index in [-0.39, 0.29) is 6.10 Å². The fourth-order valence-corrected chi connectivity index (χ4v) is 4.10. The number of nitrogens with zero attached hydrogens (tertiary/aromatic N) is 2. The van der Waals surface area contributed by atoms with Gasteiger partial charge in [-0.3, -0.25) is 0 Å². The molecule has 2 saturated heterocycles. The number of ether oxygens (including phenoxy) is 1. The molecule has 0 radical (unpaired) electrons. The van der Waals surface area contributed by atoms with Crippen LogP contribution in [0.25, 0.3) is 0 Å². The molecule has 0 unspecified atom stereocenters. The van der Waals surface area contributed by atoms with Gasteiger partial charge in [0.1, 0.15) is 11.9 Å². The van der Waals surface area contributed by atoms with Gasteiger partial charge in [-0.25, -0.2) is 8.42 Å². The quantitative estimate of drug-likeness (QED) is 0.883. The van der Waals surface area contributed by atoms with E-state index < -0.39 is 10.0 Å². The van der Waals surface area contributed by atoms with E-state index >= 15 is 0 Å². The average molecular weight is 339 g/mol. The highest BCUT2D eigenvalue weighted by molar-refractivity contribution is 7.88. The van der Waals surface area contributed by atoms with Crippen LogP contribution in [0.15, 0.2) is 24.3 Å². The van der Waals surface area contributed by atoms with E-state index in [0.29, 0.717) is 13.1 Å². The van der Waals surface area contributed by atoms with Crippen molar-refractivity contribution in [3.8, 4) is 5.75 Å². The van der Waals surface area contributed by atoms with Crippen LogP contribution < -0.4 is 15.0 Å². The zero-order valence-electron chi connectivity index (χ0n) is 13.6. The lowest BCUT2D eigenvalue weighted by Crippen LogP contribution is -2.45. The van der Waals surface area contributed by atoms with Gasteiger partial charge in [0, 0.05) is 32.7 Å². The Morgan fingerprint density at radius 1 is 1.17 bits per heavy atom. The Balaban J connectivity index is 1.72. The van der Waals surface area contributed by atoms with Crippen LogP contribution in [0.4, 0.5) is 5.69 Å². The van der Waals surface area contributed by atoms with Gasteiger partial charge in [0.25, 0.3) is 0 Å². The third kappa shape index (κ3) is 4.16. The fourth-order valence-electron chi connectivity index (χ4n) is 3.21. The second kappa shape index (κ2) is 7.07. The fraction of sp³-hybridized carbons (Fsp3) is 0.625. The summed E-state index contributed by atoms with van der Waals surface area (Å²) in [5.41, 5.74) is 1.10. The molecule has 7 heteroatoms. The van der Waals surface area contributed by atoms with Gasteiger partial charge in [-0.05, 0) is 25.0 Å². The lowest BCUT2D eigenvalue weighted by Gasteiger charge is -2.34. The lowest BCUT2D eigenvalue weighted by molar-refractivity contribution is 0.130. The third-order valence-corrected chi connectivity index (χ3v) is 5.70. The first kappa shape index (κ1) is 16.5. The molecule has 0 aromatic heterocycles. The molecule has 23 heavy (non-hydrogen) atoms. The molecule has 2 fully saturated rings. The zero-order chi connectivity index (χ0) is 16.3. The summed E-state index contributed by atoms with van der Waals surface area (Å²) in [7, 11) is -3.15. The van der Waals surface area contributed by atoms with Crippen molar-refractivity contribution in [2.75, 3.05) is 50.4 Å². The summed E-state index contributed by atoms with van der Waals surface area (Å²) in [6.07, 6.45) is 2.92. The van der Waals surface area contributed by atoms with Crippen molar-refractivity contribution in [1.29, 1.82) is 0 Å². The highest BCUT2D eigenvalue weighted by atomic mass is 32.2. The molecule has 0 spiro atoms. The Labute approximate surface area is 138 Å². The van der Waals surface area contributed by atoms with E-state index in [9.17, 15) is 8.42 Å². The maximum absolute atomic E-state index is 11.8. The van der Waals surface area contributed by atoms with E-state index in [4.69, 9.17) is 4.74 Å². The highest BCUT2D eigenvalue weighted by Crippen LogP contribution is 2.30. The van der Waals surface area contributed by atoms with Crippen molar-refractivity contribution < 1.29 is 13.2 Å². The Hall–Kier alpha value is -1.31. The standard InChI is InChI=1S/C16H25N3O3S/c1-23(20,21)19-10-4-5-14(13-19)22-16-7-3-2-6-15(16)18-11-8-17-9-12-18/h2-3,6-7,14,17H,4-5,8-13H2,1H3/t14-/m0/s1. The van der Waals surface area contributed by atoms with Gasteiger partial charge in [-0.1, -0.05) is 12.1 Å². The van der Waals surface area contributed by atoms with E-state index in [0.717, 1.165) is 50.5 Å². The van der Waals surface area contributed by atoms with E-state index in [1.54, 1.807) is 0 Å². The summed E-state index contributed by atoms with van der Waals surface area (Å²) < 4.78 is 31.2. The number of nitrogens with one attached hydrogen (secondary N) is 1. The molecule has 0 saturated carbocycles. The van der Waals surface area contributed by atoms with E-state index in [1.807, 2.05) is 18.2 Å². The van der Waals surface area contributed by atoms with Crippen LogP contribution in [-0.2, 0) is 10.0 Å². The second-order valence-corrected chi connectivity index (χ2v) is 8.19. The molecule has 1 N–H and O–H groups in total. The SMILES string of the molecule is CS(=O)(=O)N1CCC[C@H](Oc2ccccc2N2CCNCC2)C1. The van der Waals surface area contributed by atoms with Crippen LogP contribution in [0.1, 0.15) is 12.8 Å². The van der Waals surface area contributed by atoms with E-state index in [1.165, 1.54) is 10.6 Å². The van der Waals surface area contributed by atoms with Crippen molar-refractivity contribution in [1.82, 2.24) is 9.62 Å². The maximum Gasteiger partial charge on any atom is 0.211 e. The zero-order valence-corrected chi connectivity index (χ0v) is 14.4. The summed E-state index contributed by atoms with van der Waals surface area (Å²) in [5.74, 6) is 0.856. The van der Waals surface area contributed by atoms with Crippen LogP contribution in [-0.4, -0.2) is 64.4 Å². The number of anilines is 1. The minimum absolute atomic E-state index is 0.0810. The second-order valence-electron chi connectivity index (χ2n) is 6.21. The first-order chi connectivity index (χ1) is 11.0. The summed E-state index contributed by atoms with van der Waals surface area (Å²) in [5, 5.41) is 3.35. The molecule has 1 atom stereocenters. The summed E-state index contributed by atoms with van der Waals surface area (Å²) in [6.45, 7) is 4.90. The van der Waals surface area contributed by atoms with Crippen molar-refractivity contribution in [3.63, 3.8) is 0 Å². The van der Waals surface area contributed by atoms with Crippen molar-refractivity contribution in [2.45, 2.75) is 18.9 Å². The number of hydrogen-bond donors (Lipinski definition) is 1. The molecule has 2 aliphatic heterocycles. The van der Waals surface area contributed by atoms with Gasteiger partial charge in [-0.15, -0.1) is 0 Å². The predicted octanol–water partition coefficient (Wildman–Crippen LogP) is 0.899. The highest BCUT2D eigenvalue weighted by Gasteiger charge is 2.28. The van der Waals surface area contributed by atoms with Crippen LogP contribution >= 0.6 is 0 Å². The first-order valence-corrected chi connectivity index (χ1v) is 10.1. The largest absolute Gasteiger partial charge is 0.487 e. The topological polar surface area (TPSA) is 61.9 Å². The Morgan fingerprint density at radius 2 is 1.91 bits per heavy atom. The molecule has 0 aliphatic carbocycles. The van der Waals surface area contributed by atoms with Gasteiger partial charge in [0.15, 0.2) is 0 Å². The molecule has 0 amide bonds. The molecule has 6 nitrogen and oxygen atoms in total. The minimum atomic E-state index is -3.15. The monoisotopic (exact) mass is 339 g/mol. The van der Waals surface area contributed by atoms with Crippen molar-refractivity contribution >= 4 is 15.7 Å². The van der Waals surface area contributed by atoms with Crippen LogP contribution in [0.5, 0.6) is 5.75 Å². The summed E-state index contributed by atoms with van der Waals surface area (Å²) >= 11 is 0.